The summed E-state index contributed by atoms with van der Waals surface area (Å²) in [5.74, 6) is 0.923. The largest absolute Gasteiger partial charge is 0.352 e. The molecule has 2 amide bonds. The van der Waals surface area contributed by atoms with Gasteiger partial charge in [0.05, 0.1) is 5.39 Å². The Morgan fingerprint density at radius 2 is 2.21 bits per heavy atom. The molecule has 28 heavy (non-hydrogen) atoms. The molecule has 0 aliphatic carbocycles. The zero-order chi connectivity index (χ0) is 19.7. The number of carbonyl (C=O) groups excluding carboxylic acids is 1. The maximum Gasteiger partial charge on any atom is 0.322 e. The van der Waals surface area contributed by atoms with E-state index in [9.17, 15) is 4.79 Å². The lowest BCUT2D eigenvalue weighted by Gasteiger charge is -2.40. The van der Waals surface area contributed by atoms with Gasteiger partial charge in [-0.15, -0.1) is 0 Å². The summed E-state index contributed by atoms with van der Waals surface area (Å²) < 4.78 is 0. The highest BCUT2D eigenvalue weighted by Gasteiger charge is 2.29. The molecule has 8 nitrogen and oxygen atoms in total. The van der Waals surface area contributed by atoms with E-state index in [4.69, 9.17) is 5.73 Å². The summed E-state index contributed by atoms with van der Waals surface area (Å²) in [5, 5.41) is 4.04. The third-order valence-electron chi connectivity index (χ3n) is 5.25. The molecule has 1 fully saturated rings. The van der Waals surface area contributed by atoms with Gasteiger partial charge >= 0.3 is 6.03 Å². The van der Waals surface area contributed by atoms with Crippen LogP contribution in [-0.4, -0.2) is 51.6 Å². The van der Waals surface area contributed by atoms with Gasteiger partial charge in [-0.2, -0.15) is 0 Å². The van der Waals surface area contributed by atoms with E-state index in [1.807, 2.05) is 42.3 Å². The Balaban J connectivity index is 1.47. The van der Waals surface area contributed by atoms with Gasteiger partial charge in [-0.05, 0) is 37.1 Å². The predicted octanol–water partition coefficient (Wildman–Crippen LogP) is 2.47. The van der Waals surface area contributed by atoms with E-state index in [0.717, 1.165) is 40.2 Å². The van der Waals surface area contributed by atoms with E-state index >= 15 is 0 Å². The first-order chi connectivity index (χ1) is 13.6. The van der Waals surface area contributed by atoms with Crippen LogP contribution in [0.2, 0.25) is 0 Å². The molecule has 1 atom stereocenters. The number of carbonyl (C=O) groups is 1. The highest BCUT2D eigenvalue weighted by atomic mass is 16.2. The summed E-state index contributed by atoms with van der Waals surface area (Å²) in [7, 11) is 0. The molecule has 1 aliphatic heterocycles. The maximum atomic E-state index is 12.8. The fraction of sp³-hybridized carbons (Fsp3) is 0.350. The molecule has 4 N–H and O–H groups in total. The molecule has 0 unspecified atom stereocenters. The van der Waals surface area contributed by atoms with Gasteiger partial charge in [0.1, 0.15) is 17.8 Å². The Hall–Kier alpha value is -3.13. The lowest BCUT2D eigenvalue weighted by Crippen LogP contribution is -2.55. The van der Waals surface area contributed by atoms with E-state index in [0.29, 0.717) is 19.6 Å². The second-order valence-corrected chi connectivity index (χ2v) is 7.22. The van der Waals surface area contributed by atoms with Crippen LogP contribution in [0.15, 0.2) is 36.8 Å². The molecule has 1 saturated heterocycles. The number of nitrogens with zero attached hydrogens (tertiary/aromatic N) is 4. The van der Waals surface area contributed by atoms with Crippen molar-refractivity contribution in [1.82, 2.24) is 19.9 Å². The minimum absolute atomic E-state index is 0.0516. The fourth-order valence-corrected chi connectivity index (χ4v) is 3.76. The van der Waals surface area contributed by atoms with E-state index < -0.39 is 0 Å². The second kappa shape index (κ2) is 7.47. The van der Waals surface area contributed by atoms with Crippen molar-refractivity contribution in [3.8, 4) is 0 Å². The third kappa shape index (κ3) is 3.38. The van der Waals surface area contributed by atoms with Crippen molar-refractivity contribution >= 4 is 28.6 Å². The monoisotopic (exact) mass is 379 g/mol. The SMILES string of the molecule is Cc1c[nH]c2ncnc(N3CCN(C(=O)Nc4cccc(CN)c4)[C@@H](C)C3)c12. The first-order valence-electron chi connectivity index (χ1n) is 9.47. The average molecular weight is 379 g/mol. The number of fused-ring (bicyclic) bond motifs is 1. The molecular weight excluding hydrogens is 354 g/mol. The fourth-order valence-electron chi connectivity index (χ4n) is 3.76. The van der Waals surface area contributed by atoms with Crippen LogP contribution in [0.3, 0.4) is 0 Å². The first kappa shape index (κ1) is 18.2. The molecule has 0 spiro atoms. The number of amides is 2. The van der Waals surface area contributed by atoms with Crippen LogP contribution < -0.4 is 16.0 Å². The maximum absolute atomic E-state index is 12.8. The Kier molecular flexibility index (Phi) is 4.87. The summed E-state index contributed by atoms with van der Waals surface area (Å²) in [6.07, 6.45) is 3.53. The van der Waals surface area contributed by atoms with Gasteiger partial charge in [0.25, 0.3) is 0 Å². The number of piperazine rings is 1. The lowest BCUT2D eigenvalue weighted by molar-refractivity contribution is 0.184. The van der Waals surface area contributed by atoms with Crippen molar-refractivity contribution in [2.24, 2.45) is 5.73 Å². The van der Waals surface area contributed by atoms with Crippen molar-refractivity contribution < 1.29 is 4.79 Å². The summed E-state index contributed by atoms with van der Waals surface area (Å²) in [6, 6.07) is 7.60. The summed E-state index contributed by atoms with van der Waals surface area (Å²) in [6.45, 7) is 6.62. The quantitative estimate of drug-likeness (QED) is 0.649. The molecule has 3 aromatic rings. The van der Waals surface area contributed by atoms with Crippen LogP contribution in [0.25, 0.3) is 11.0 Å². The molecule has 0 radical (unpaired) electrons. The normalized spacial score (nSPS) is 17.2. The minimum Gasteiger partial charge on any atom is -0.352 e. The standard InChI is InChI=1S/C20H25N7O/c1-13-10-22-18-17(13)19(24-12-23-18)26-6-7-27(14(2)11-26)20(28)25-16-5-3-4-15(8-16)9-21/h3-5,8,10,12,14H,6-7,9,11,21H2,1-2H3,(H,25,28)(H,22,23,24)/t14-/m0/s1. The highest BCUT2D eigenvalue weighted by molar-refractivity contribution is 5.91. The number of hydrogen-bond donors (Lipinski definition) is 3. The van der Waals surface area contributed by atoms with E-state index in [2.05, 4.69) is 32.1 Å². The predicted molar refractivity (Wildman–Crippen MR) is 110 cm³/mol. The number of benzene rings is 1. The second-order valence-electron chi connectivity index (χ2n) is 7.22. The molecule has 8 heteroatoms. The summed E-state index contributed by atoms with van der Waals surface area (Å²) in [4.78, 5) is 28.9. The number of aromatic amines is 1. The number of rotatable bonds is 3. The first-order valence-corrected chi connectivity index (χ1v) is 9.47. The van der Waals surface area contributed by atoms with Gasteiger partial charge in [0.2, 0.25) is 0 Å². The van der Waals surface area contributed by atoms with Crippen molar-refractivity contribution in [2.45, 2.75) is 26.4 Å². The molecule has 0 bridgehead atoms. The Morgan fingerprint density at radius 1 is 1.36 bits per heavy atom. The third-order valence-corrected chi connectivity index (χ3v) is 5.25. The zero-order valence-electron chi connectivity index (χ0n) is 16.1. The molecule has 146 valence electrons. The summed E-state index contributed by atoms with van der Waals surface area (Å²) in [5.41, 5.74) is 9.41. The number of aryl methyl sites for hydroxylation is 1. The van der Waals surface area contributed by atoms with Crippen molar-refractivity contribution in [1.29, 1.82) is 0 Å². The minimum atomic E-state index is -0.0908. The molecule has 1 aliphatic rings. The number of anilines is 2. The Bertz CT molecular complexity index is 999. The van der Waals surface area contributed by atoms with Gasteiger partial charge in [-0.25, -0.2) is 14.8 Å². The van der Waals surface area contributed by atoms with Gasteiger partial charge < -0.3 is 25.8 Å². The molecule has 0 saturated carbocycles. The molecule has 4 rings (SSSR count). The van der Waals surface area contributed by atoms with Crippen LogP contribution in [-0.2, 0) is 6.54 Å². The summed E-state index contributed by atoms with van der Waals surface area (Å²) >= 11 is 0. The zero-order valence-corrected chi connectivity index (χ0v) is 16.1. The highest BCUT2D eigenvalue weighted by Crippen LogP contribution is 2.27. The molecule has 2 aromatic heterocycles. The van der Waals surface area contributed by atoms with Gasteiger partial charge in [-0.1, -0.05) is 12.1 Å². The van der Waals surface area contributed by atoms with Crippen LogP contribution in [0.5, 0.6) is 0 Å². The van der Waals surface area contributed by atoms with E-state index in [1.54, 1.807) is 6.33 Å². The number of nitrogens with one attached hydrogen (secondary N) is 2. The number of nitrogens with two attached hydrogens (primary N) is 1. The number of H-pyrrole nitrogens is 1. The van der Waals surface area contributed by atoms with Crippen molar-refractivity contribution in [2.75, 3.05) is 29.9 Å². The van der Waals surface area contributed by atoms with Gasteiger partial charge in [-0.3, -0.25) is 0 Å². The van der Waals surface area contributed by atoms with Crippen molar-refractivity contribution in [3.63, 3.8) is 0 Å². The van der Waals surface area contributed by atoms with Crippen LogP contribution in [0.4, 0.5) is 16.3 Å². The average Bonchev–Trinajstić information content (AvgIpc) is 3.09. The smallest absolute Gasteiger partial charge is 0.322 e. The lowest BCUT2D eigenvalue weighted by atomic mass is 10.1. The van der Waals surface area contributed by atoms with Crippen LogP contribution in [0.1, 0.15) is 18.1 Å². The molecule has 1 aromatic carbocycles. The van der Waals surface area contributed by atoms with Gasteiger partial charge in [0.15, 0.2) is 0 Å². The van der Waals surface area contributed by atoms with Gasteiger partial charge in [0, 0.05) is 44.1 Å². The Morgan fingerprint density at radius 3 is 3.00 bits per heavy atom. The number of hydrogen-bond acceptors (Lipinski definition) is 5. The van der Waals surface area contributed by atoms with Crippen LogP contribution >= 0.6 is 0 Å². The number of aromatic nitrogens is 3. The molecular formula is C20H25N7O. The molecule has 3 heterocycles. The number of urea groups is 1. The van der Waals surface area contributed by atoms with Crippen molar-refractivity contribution in [3.05, 3.63) is 47.9 Å². The Labute approximate surface area is 163 Å². The van der Waals surface area contributed by atoms with E-state index in [1.165, 1.54) is 0 Å². The van der Waals surface area contributed by atoms with E-state index in [-0.39, 0.29) is 12.1 Å². The topological polar surface area (TPSA) is 103 Å². The van der Waals surface area contributed by atoms with Crippen LogP contribution in [0, 0.1) is 6.92 Å².